The van der Waals surface area contributed by atoms with Gasteiger partial charge in [0.05, 0.1) is 0 Å². The molecule has 0 amide bonds. The first-order chi connectivity index (χ1) is 8.77. The highest BCUT2D eigenvalue weighted by Gasteiger charge is 1.99. The normalized spacial score (nSPS) is 10.1. The molecular formula is C16H18O2. The molecule has 0 heterocycles. The van der Waals surface area contributed by atoms with Gasteiger partial charge in [-0.1, -0.05) is 36.4 Å². The minimum absolute atomic E-state index is 0.555. The summed E-state index contributed by atoms with van der Waals surface area (Å²) < 4.78 is 11.3. The van der Waals surface area contributed by atoms with Crippen LogP contribution in [0.4, 0.5) is 0 Å². The van der Waals surface area contributed by atoms with Gasteiger partial charge >= 0.3 is 0 Å². The molecule has 0 saturated heterocycles. The summed E-state index contributed by atoms with van der Waals surface area (Å²) in [5.41, 5.74) is 2.29. The maximum Gasteiger partial charge on any atom is 0.122 e. The third-order valence-electron chi connectivity index (χ3n) is 2.79. The Labute approximate surface area is 108 Å². The Balaban J connectivity index is 1.80. The van der Waals surface area contributed by atoms with E-state index in [0.29, 0.717) is 13.2 Å². The van der Waals surface area contributed by atoms with Crippen molar-refractivity contribution in [2.75, 3.05) is 13.2 Å². The zero-order chi connectivity index (χ0) is 12.8. The Hall–Kier alpha value is -1.96. The summed E-state index contributed by atoms with van der Waals surface area (Å²) in [4.78, 5) is 0. The average molecular weight is 242 g/mol. The van der Waals surface area contributed by atoms with Crippen LogP contribution in [-0.4, -0.2) is 13.2 Å². The van der Waals surface area contributed by atoms with Crippen molar-refractivity contribution in [3.05, 3.63) is 59.7 Å². The summed E-state index contributed by atoms with van der Waals surface area (Å²) in [5.74, 6) is 1.84. The quantitative estimate of drug-likeness (QED) is 0.743. The Morgan fingerprint density at radius 1 is 0.667 bits per heavy atom. The minimum Gasteiger partial charge on any atom is -0.490 e. The van der Waals surface area contributed by atoms with Gasteiger partial charge in [0.25, 0.3) is 0 Å². The highest BCUT2D eigenvalue weighted by atomic mass is 16.5. The van der Waals surface area contributed by atoms with Crippen molar-refractivity contribution >= 4 is 0 Å². The monoisotopic (exact) mass is 242 g/mol. The average Bonchev–Trinajstić information content (AvgIpc) is 2.38. The summed E-state index contributed by atoms with van der Waals surface area (Å²) in [7, 11) is 0. The van der Waals surface area contributed by atoms with Crippen molar-refractivity contribution in [2.24, 2.45) is 0 Å². The molecule has 2 aromatic rings. The summed E-state index contributed by atoms with van der Waals surface area (Å²) in [6.45, 7) is 5.19. The van der Waals surface area contributed by atoms with Gasteiger partial charge < -0.3 is 9.47 Å². The van der Waals surface area contributed by atoms with Crippen LogP contribution in [0.5, 0.6) is 11.5 Å². The molecule has 2 rings (SSSR count). The van der Waals surface area contributed by atoms with Gasteiger partial charge in [0.15, 0.2) is 0 Å². The molecule has 2 aromatic carbocycles. The SMILES string of the molecule is Cc1ccccc1OCCOc1ccccc1C. The number of hydrogen-bond acceptors (Lipinski definition) is 2. The molecule has 0 aliphatic heterocycles. The molecular weight excluding hydrogens is 224 g/mol. The molecule has 18 heavy (non-hydrogen) atoms. The number of para-hydroxylation sites is 2. The van der Waals surface area contributed by atoms with Crippen molar-refractivity contribution < 1.29 is 9.47 Å². The number of benzene rings is 2. The molecule has 0 aromatic heterocycles. The third-order valence-corrected chi connectivity index (χ3v) is 2.79. The zero-order valence-electron chi connectivity index (χ0n) is 10.8. The number of aryl methyl sites for hydroxylation is 2. The first-order valence-electron chi connectivity index (χ1n) is 6.14. The fourth-order valence-corrected chi connectivity index (χ4v) is 1.74. The highest BCUT2D eigenvalue weighted by Crippen LogP contribution is 2.17. The zero-order valence-corrected chi connectivity index (χ0v) is 10.8. The molecule has 0 spiro atoms. The topological polar surface area (TPSA) is 18.5 Å². The summed E-state index contributed by atoms with van der Waals surface area (Å²) in [5, 5.41) is 0. The van der Waals surface area contributed by atoms with Crippen LogP contribution in [0.2, 0.25) is 0 Å². The Kier molecular flexibility index (Phi) is 4.24. The molecule has 2 nitrogen and oxygen atoms in total. The fourth-order valence-electron chi connectivity index (χ4n) is 1.74. The lowest BCUT2D eigenvalue weighted by atomic mass is 10.2. The Morgan fingerprint density at radius 2 is 1.06 bits per heavy atom. The van der Waals surface area contributed by atoms with Gasteiger partial charge in [-0.15, -0.1) is 0 Å². The molecule has 0 atom stereocenters. The maximum atomic E-state index is 5.67. The van der Waals surface area contributed by atoms with Crippen molar-refractivity contribution in [1.82, 2.24) is 0 Å². The van der Waals surface area contributed by atoms with Gasteiger partial charge in [0, 0.05) is 0 Å². The third kappa shape index (κ3) is 3.27. The Morgan fingerprint density at radius 3 is 1.44 bits per heavy atom. The highest BCUT2D eigenvalue weighted by molar-refractivity contribution is 5.32. The van der Waals surface area contributed by atoms with Crippen molar-refractivity contribution in [3.8, 4) is 11.5 Å². The van der Waals surface area contributed by atoms with Crippen LogP contribution in [0, 0.1) is 13.8 Å². The predicted octanol–water partition coefficient (Wildman–Crippen LogP) is 3.76. The first-order valence-corrected chi connectivity index (χ1v) is 6.14. The molecule has 2 heteroatoms. The molecule has 0 N–H and O–H groups in total. The summed E-state index contributed by atoms with van der Waals surface area (Å²) >= 11 is 0. The van der Waals surface area contributed by atoms with Gasteiger partial charge in [-0.2, -0.15) is 0 Å². The molecule has 0 aliphatic rings. The van der Waals surface area contributed by atoms with Gasteiger partial charge in [-0.3, -0.25) is 0 Å². The predicted molar refractivity (Wildman–Crippen MR) is 73.3 cm³/mol. The lowest BCUT2D eigenvalue weighted by molar-refractivity contribution is 0.215. The van der Waals surface area contributed by atoms with Gasteiger partial charge in [-0.25, -0.2) is 0 Å². The Bertz CT molecular complexity index is 458. The van der Waals surface area contributed by atoms with E-state index >= 15 is 0 Å². The van der Waals surface area contributed by atoms with Crippen LogP contribution in [0.25, 0.3) is 0 Å². The minimum atomic E-state index is 0.555. The lowest BCUT2D eigenvalue weighted by Gasteiger charge is -2.11. The smallest absolute Gasteiger partial charge is 0.122 e. The molecule has 0 bridgehead atoms. The van der Waals surface area contributed by atoms with E-state index in [4.69, 9.17) is 9.47 Å². The molecule has 0 aliphatic carbocycles. The van der Waals surface area contributed by atoms with Crippen LogP contribution in [-0.2, 0) is 0 Å². The van der Waals surface area contributed by atoms with E-state index in [0.717, 1.165) is 22.6 Å². The van der Waals surface area contributed by atoms with E-state index in [1.54, 1.807) is 0 Å². The number of rotatable bonds is 5. The van der Waals surface area contributed by atoms with Crippen LogP contribution in [0.1, 0.15) is 11.1 Å². The first kappa shape index (κ1) is 12.5. The molecule has 0 fully saturated rings. The fraction of sp³-hybridized carbons (Fsp3) is 0.250. The second kappa shape index (κ2) is 6.10. The second-order valence-corrected chi connectivity index (χ2v) is 4.23. The van der Waals surface area contributed by atoms with Crippen molar-refractivity contribution in [2.45, 2.75) is 13.8 Å². The van der Waals surface area contributed by atoms with Gasteiger partial charge in [-0.05, 0) is 37.1 Å². The second-order valence-electron chi connectivity index (χ2n) is 4.23. The molecule has 0 saturated carbocycles. The molecule has 0 radical (unpaired) electrons. The standard InChI is InChI=1S/C16H18O2/c1-13-7-3-5-9-15(13)17-11-12-18-16-10-6-4-8-14(16)2/h3-10H,11-12H2,1-2H3. The van der Waals surface area contributed by atoms with Gasteiger partial charge in [0.1, 0.15) is 24.7 Å². The molecule has 0 unspecified atom stereocenters. The van der Waals surface area contributed by atoms with Crippen LogP contribution in [0.15, 0.2) is 48.5 Å². The van der Waals surface area contributed by atoms with Crippen LogP contribution in [0.3, 0.4) is 0 Å². The van der Waals surface area contributed by atoms with E-state index in [2.05, 4.69) is 0 Å². The van der Waals surface area contributed by atoms with Crippen molar-refractivity contribution in [3.63, 3.8) is 0 Å². The molecule has 94 valence electrons. The van der Waals surface area contributed by atoms with E-state index in [1.807, 2.05) is 62.4 Å². The largest absolute Gasteiger partial charge is 0.490 e. The van der Waals surface area contributed by atoms with E-state index in [1.165, 1.54) is 0 Å². The van der Waals surface area contributed by atoms with Gasteiger partial charge in [0.2, 0.25) is 0 Å². The summed E-state index contributed by atoms with van der Waals surface area (Å²) in [6.07, 6.45) is 0. The van der Waals surface area contributed by atoms with Crippen LogP contribution < -0.4 is 9.47 Å². The van der Waals surface area contributed by atoms with E-state index < -0.39 is 0 Å². The lowest BCUT2D eigenvalue weighted by Crippen LogP contribution is -2.10. The summed E-state index contributed by atoms with van der Waals surface area (Å²) in [6, 6.07) is 16.0. The number of hydrogen-bond donors (Lipinski definition) is 0. The van der Waals surface area contributed by atoms with Crippen molar-refractivity contribution in [1.29, 1.82) is 0 Å². The number of ether oxygens (including phenoxy) is 2. The van der Waals surface area contributed by atoms with Crippen LogP contribution >= 0.6 is 0 Å². The van der Waals surface area contributed by atoms with E-state index in [-0.39, 0.29) is 0 Å². The van der Waals surface area contributed by atoms with E-state index in [9.17, 15) is 0 Å². The maximum absolute atomic E-state index is 5.67.